The molecule has 1 aliphatic heterocycles. The average Bonchev–Trinajstić information content (AvgIpc) is 2.80. The minimum Gasteiger partial charge on any atom is -0.353 e. The monoisotopic (exact) mass is 522 g/mol. The van der Waals surface area contributed by atoms with Crippen LogP contribution in [-0.4, -0.2) is 37.3 Å². The van der Waals surface area contributed by atoms with Gasteiger partial charge in [-0.2, -0.15) is 0 Å². The van der Waals surface area contributed by atoms with Crippen LogP contribution in [0, 0.1) is 5.82 Å². The van der Waals surface area contributed by atoms with Gasteiger partial charge in [0.2, 0.25) is 0 Å². The zero-order chi connectivity index (χ0) is 24.5. The van der Waals surface area contributed by atoms with Crippen molar-refractivity contribution >= 4 is 50.5 Å². The van der Waals surface area contributed by atoms with Gasteiger partial charge in [-0.25, -0.2) is 22.9 Å². The normalized spacial score (nSPS) is 14.8. The Morgan fingerprint density at radius 3 is 2.41 bits per heavy atom. The van der Waals surface area contributed by atoms with Crippen molar-refractivity contribution in [3.8, 4) is 0 Å². The zero-order valence-electron chi connectivity index (χ0n) is 17.8. The van der Waals surface area contributed by atoms with Gasteiger partial charge in [0.25, 0.3) is 15.9 Å². The third kappa shape index (κ3) is 5.33. The van der Waals surface area contributed by atoms with Gasteiger partial charge in [-0.1, -0.05) is 41.4 Å². The first-order chi connectivity index (χ1) is 16.1. The van der Waals surface area contributed by atoms with Gasteiger partial charge in [0.05, 0.1) is 11.3 Å². The van der Waals surface area contributed by atoms with E-state index in [1.54, 1.807) is 41.3 Å². The van der Waals surface area contributed by atoms with Crippen molar-refractivity contribution in [3.05, 3.63) is 81.7 Å². The van der Waals surface area contributed by atoms with Crippen LogP contribution in [0.3, 0.4) is 0 Å². The SMILES string of the molecule is NS(=O)(=O)c1ncc(C(=O)N2CCC(c3ccc(F)cc3)CC2)c(Nc2cccc(Cl)c2)c1Cl. The van der Waals surface area contributed by atoms with Gasteiger partial charge >= 0.3 is 0 Å². The number of nitrogens with zero attached hydrogens (tertiary/aromatic N) is 2. The number of hydrogen-bond acceptors (Lipinski definition) is 5. The Bertz CT molecular complexity index is 1330. The topological polar surface area (TPSA) is 105 Å². The molecule has 7 nitrogen and oxygen atoms in total. The second kappa shape index (κ2) is 9.87. The molecule has 2 heterocycles. The minimum atomic E-state index is -4.23. The molecule has 178 valence electrons. The van der Waals surface area contributed by atoms with Gasteiger partial charge in [0.1, 0.15) is 10.8 Å². The number of nitrogens with two attached hydrogens (primary N) is 1. The molecule has 4 rings (SSSR count). The quantitative estimate of drug-likeness (QED) is 0.493. The summed E-state index contributed by atoms with van der Waals surface area (Å²) in [6.07, 6.45) is 2.56. The molecule has 0 atom stereocenters. The lowest BCUT2D eigenvalue weighted by Crippen LogP contribution is -2.38. The van der Waals surface area contributed by atoms with Gasteiger partial charge < -0.3 is 10.2 Å². The van der Waals surface area contributed by atoms with Crippen LogP contribution in [0.2, 0.25) is 10.0 Å². The van der Waals surface area contributed by atoms with Crippen LogP contribution >= 0.6 is 23.2 Å². The number of anilines is 2. The smallest absolute Gasteiger partial charge is 0.257 e. The van der Waals surface area contributed by atoms with E-state index in [9.17, 15) is 17.6 Å². The summed E-state index contributed by atoms with van der Waals surface area (Å²) in [5, 5.41) is 7.87. The number of hydrogen-bond donors (Lipinski definition) is 2. The van der Waals surface area contributed by atoms with Crippen LogP contribution in [0.25, 0.3) is 0 Å². The molecular weight excluding hydrogens is 502 g/mol. The van der Waals surface area contributed by atoms with Gasteiger partial charge in [-0.3, -0.25) is 4.79 Å². The molecule has 11 heteroatoms. The lowest BCUT2D eigenvalue weighted by atomic mass is 9.89. The van der Waals surface area contributed by atoms with Crippen molar-refractivity contribution in [1.82, 2.24) is 9.88 Å². The highest BCUT2D eigenvalue weighted by atomic mass is 35.5. The third-order valence-corrected chi connectivity index (χ3v) is 7.27. The molecular formula is C23H21Cl2FN4O3S. The Morgan fingerprint density at radius 2 is 1.79 bits per heavy atom. The highest BCUT2D eigenvalue weighted by Gasteiger charge is 2.29. The fourth-order valence-electron chi connectivity index (χ4n) is 3.98. The number of primary sulfonamides is 1. The van der Waals surface area contributed by atoms with Crippen molar-refractivity contribution < 1.29 is 17.6 Å². The Hall–Kier alpha value is -2.72. The summed E-state index contributed by atoms with van der Waals surface area (Å²) < 4.78 is 37.1. The fourth-order valence-corrected chi connectivity index (χ4v) is 5.25. The first kappa shape index (κ1) is 24.4. The molecule has 3 N–H and O–H groups in total. The molecule has 1 aliphatic rings. The van der Waals surface area contributed by atoms with Crippen LogP contribution < -0.4 is 10.5 Å². The zero-order valence-corrected chi connectivity index (χ0v) is 20.2. The van der Waals surface area contributed by atoms with Crippen molar-refractivity contribution in [2.24, 2.45) is 5.14 Å². The summed E-state index contributed by atoms with van der Waals surface area (Å²) in [4.78, 5) is 18.9. The lowest BCUT2D eigenvalue weighted by molar-refractivity contribution is 0.0713. The summed E-state index contributed by atoms with van der Waals surface area (Å²) >= 11 is 12.4. The molecule has 1 fully saturated rings. The molecule has 1 amide bonds. The summed E-state index contributed by atoms with van der Waals surface area (Å²) in [5.41, 5.74) is 1.72. The number of rotatable bonds is 5. The summed E-state index contributed by atoms with van der Waals surface area (Å²) in [7, 11) is -4.23. The number of nitrogens with one attached hydrogen (secondary N) is 1. The number of benzene rings is 2. The van der Waals surface area contributed by atoms with E-state index in [0.29, 0.717) is 36.6 Å². The van der Waals surface area contributed by atoms with E-state index >= 15 is 0 Å². The van der Waals surface area contributed by atoms with Crippen molar-refractivity contribution in [2.45, 2.75) is 23.8 Å². The van der Waals surface area contributed by atoms with E-state index in [1.165, 1.54) is 12.1 Å². The van der Waals surface area contributed by atoms with Crippen molar-refractivity contribution in [1.29, 1.82) is 0 Å². The number of sulfonamides is 1. The molecule has 0 bridgehead atoms. The molecule has 0 radical (unpaired) electrons. The van der Waals surface area contributed by atoms with E-state index in [2.05, 4.69) is 10.3 Å². The van der Waals surface area contributed by atoms with Gasteiger partial charge in [0.15, 0.2) is 5.03 Å². The number of halogens is 3. The van der Waals surface area contributed by atoms with Crippen LogP contribution in [0.4, 0.5) is 15.8 Å². The number of likely N-dealkylation sites (tertiary alicyclic amines) is 1. The predicted molar refractivity (Wildman–Crippen MR) is 130 cm³/mol. The van der Waals surface area contributed by atoms with E-state index in [4.69, 9.17) is 28.3 Å². The summed E-state index contributed by atoms with van der Waals surface area (Å²) in [5.74, 6) is -0.430. The van der Waals surface area contributed by atoms with Crippen LogP contribution in [0.1, 0.15) is 34.7 Å². The second-order valence-corrected chi connectivity index (χ2v) is 10.3. The molecule has 2 aromatic carbocycles. The van der Waals surface area contributed by atoms with E-state index in [-0.39, 0.29) is 33.9 Å². The number of carbonyl (C=O) groups excluding carboxylic acids is 1. The van der Waals surface area contributed by atoms with Crippen LogP contribution in [0.5, 0.6) is 0 Å². The van der Waals surface area contributed by atoms with E-state index in [0.717, 1.165) is 11.8 Å². The fraction of sp³-hybridized carbons (Fsp3) is 0.217. The Labute approximate surface area is 206 Å². The number of piperidine rings is 1. The van der Waals surface area contributed by atoms with Crippen LogP contribution in [-0.2, 0) is 10.0 Å². The van der Waals surface area contributed by atoms with Gasteiger partial charge in [0, 0.05) is 30.0 Å². The Balaban J connectivity index is 1.62. The minimum absolute atomic E-state index is 0.0774. The van der Waals surface area contributed by atoms with Crippen molar-refractivity contribution in [3.63, 3.8) is 0 Å². The number of amides is 1. The largest absolute Gasteiger partial charge is 0.353 e. The first-order valence-corrected chi connectivity index (χ1v) is 12.7. The number of pyridine rings is 1. The predicted octanol–water partition coefficient (Wildman–Crippen LogP) is 4.94. The molecule has 1 aromatic heterocycles. The second-order valence-electron chi connectivity index (χ2n) is 7.96. The van der Waals surface area contributed by atoms with Gasteiger partial charge in [-0.15, -0.1) is 0 Å². The molecule has 0 saturated carbocycles. The molecule has 34 heavy (non-hydrogen) atoms. The van der Waals surface area contributed by atoms with E-state index in [1.807, 2.05) is 0 Å². The lowest BCUT2D eigenvalue weighted by Gasteiger charge is -2.32. The Kier molecular flexibility index (Phi) is 7.09. The maximum atomic E-state index is 13.4. The molecule has 3 aromatic rings. The number of aromatic nitrogens is 1. The highest BCUT2D eigenvalue weighted by molar-refractivity contribution is 7.89. The molecule has 0 spiro atoms. The maximum Gasteiger partial charge on any atom is 0.257 e. The average molecular weight is 523 g/mol. The number of carbonyl (C=O) groups is 1. The highest BCUT2D eigenvalue weighted by Crippen LogP contribution is 2.35. The van der Waals surface area contributed by atoms with E-state index < -0.39 is 15.0 Å². The molecule has 1 saturated heterocycles. The van der Waals surface area contributed by atoms with Crippen LogP contribution in [0.15, 0.2) is 59.8 Å². The summed E-state index contributed by atoms with van der Waals surface area (Å²) in [6, 6.07) is 13.1. The molecule has 0 aliphatic carbocycles. The van der Waals surface area contributed by atoms with Gasteiger partial charge in [-0.05, 0) is 54.7 Å². The van der Waals surface area contributed by atoms with Crippen molar-refractivity contribution in [2.75, 3.05) is 18.4 Å². The summed E-state index contributed by atoms with van der Waals surface area (Å²) in [6.45, 7) is 0.929. The standard InChI is InChI=1S/C23H21Cl2FN4O3S/c24-16-2-1-3-18(12-16)29-21-19(13-28-22(20(21)25)34(27,32)33)23(31)30-10-8-15(9-11-30)14-4-6-17(26)7-5-14/h1-7,12-13,15H,8-11H2,(H,28,29)(H2,27,32,33). The first-order valence-electron chi connectivity index (χ1n) is 10.4. The molecule has 0 unspecified atom stereocenters. The maximum absolute atomic E-state index is 13.4. The third-order valence-electron chi connectivity index (χ3n) is 5.70. The Morgan fingerprint density at radius 1 is 1.12 bits per heavy atom.